The van der Waals surface area contributed by atoms with Crippen LogP contribution < -0.4 is 0 Å². The quantitative estimate of drug-likeness (QED) is 0.575. The molecule has 1 aliphatic carbocycles. The highest BCUT2D eigenvalue weighted by molar-refractivity contribution is 6.30. The summed E-state index contributed by atoms with van der Waals surface area (Å²) < 4.78 is 5.42. The average molecular weight is 267 g/mol. The van der Waals surface area contributed by atoms with Gasteiger partial charge in [0, 0.05) is 17.9 Å². The zero-order valence-corrected chi connectivity index (χ0v) is 11.4. The molecule has 1 saturated carbocycles. The molecule has 3 nitrogen and oxygen atoms in total. The van der Waals surface area contributed by atoms with Crippen LogP contribution in [0.4, 0.5) is 0 Å². The third-order valence-electron chi connectivity index (χ3n) is 4.01. The molecule has 0 saturated heterocycles. The van der Waals surface area contributed by atoms with Gasteiger partial charge >= 0.3 is 0 Å². The highest BCUT2D eigenvalue weighted by Gasteiger charge is 2.22. The highest BCUT2D eigenvalue weighted by atomic mass is 35.5. The molecule has 2 heterocycles. The van der Waals surface area contributed by atoms with Crippen molar-refractivity contribution >= 4 is 11.6 Å². The Morgan fingerprint density at radius 1 is 1.06 bits per heavy atom. The Labute approximate surface area is 113 Å². The fraction of sp³-hybridized carbons (Fsp3) is 0.714. The van der Waals surface area contributed by atoms with E-state index in [2.05, 4.69) is 4.98 Å². The molecule has 18 heavy (non-hydrogen) atoms. The van der Waals surface area contributed by atoms with E-state index in [4.69, 9.17) is 21.3 Å². The molecule has 0 bridgehead atoms. The van der Waals surface area contributed by atoms with Crippen molar-refractivity contribution in [1.29, 1.82) is 0 Å². The highest BCUT2D eigenvalue weighted by Crippen LogP contribution is 2.32. The molecule has 1 aliphatic heterocycles. The Kier molecular flexibility index (Phi) is 3.80. The van der Waals surface area contributed by atoms with Gasteiger partial charge in [0.25, 0.3) is 0 Å². The van der Waals surface area contributed by atoms with Crippen molar-refractivity contribution in [2.45, 2.75) is 57.5 Å². The van der Waals surface area contributed by atoms with Crippen molar-refractivity contribution < 1.29 is 4.74 Å². The first kappa shape index (κ1) is 12.4. The zero-order valence-electron chi connectivity index (χ0n) is 10.6. The summed E-state index contributed by atoms with van der Waals surface area (Å²) in [7, 11) is 0. The SMILES string of the molecule is Clc1nc(C2CCCCCC2)nc2c1COCC2. The maximum atomic E-state index is 6.28. The maximum absolute atomic E-state index is 6.28. The lowest BCUT2D eigenvalue weighted by atomic mass is 9.99. The smallest absolute Gasteiger partial charge is 0.138 e. The molecule has 0 N–H and O–H groups in total. The van der Waals surface area contributed by atoms with Gasteiger partial charge < -0.3 is 4.74 Å². The summed E-state index contributed by atoms with van der Waals surface area (Å²) in [6.45, 7) is 1.32. The number of aromatic nitrogens is 2. The minimum Gasteiger partial charge on any atom is -0.376 e. The van der Waals surface area contributed by atoms with Crippen molar-refractivity contribution in [2.75, 3.05) is 6.61 Å². The Morgan fingerprint density at radius 2 is 1.83 bits per heavy atom. The van der Waals surface area contributed by atoms with Crippen LogP contribution in [0, 0.1) is 0 Å². The third kappa shape index (κ3) is 2.52. The minimum absolute atomic E-state index is 0.512. The van der Waals surface area contributed by atoms with Crippen LogP contribution >= 0.6 is 11.6 Å². The van der Waals surface area contributed by atoms with Crippen molar-refractivity contribution in [1.82, 2.24) is 9.97 Å². The van der Waals surface area contributed by atoms with Crippen LogP contribution in [0.15, 0.2) is 0 Å². The van der Waals surface area contributed by atoms with Gasteiger partial charge in [0.2, 0.25) is 0 Å². The fourth-order valence-electron chi connectivity index (χ4n) is 2.93. The van der Waals surface area contributed by atoms with Crippen LogP contribution in [0.3, 0.4) is 0 Å². The molecule has 0 radical (unpaired) electrons. The van der Waals surface area contributed by atoms with Gasteiger partial charge in [-0.15, -0.1) is 0 Å². The van der Waals surface area contributed by atoms with Gasteiger partial charge in [0.1, 0.15) is 11.0 Å². The minimum atomic E-state index is 0.512. The monoisotopic (exact) mass is 266 g/mol. The Bertz CT molecular complexity index is 428. The van der Waals surface area contributed by atoms with E-state index in [0.717, 1.165) is 30.1 Å². The molecule has 0 spiro atoms. The van der Waals surface area contributed by atoms with Crippen molar-refractivity contribution in [3.8, 4) is 0 Å². The van der Waals surface area contributed by atoms with Crippen LogP contribution in [0.1, 0.15) is 61.5 Å². The summed E-state index contributed by atoms with van der Waals surface area (Å²) >= 11 is 6.28. The predicted molar refractivity (Wildman–Crippen MR) is 70.8 cm³/mol. The van der Waals surface area contributed by atoms with Crippen LogP contribution in [-0.4, -0.2) is 16.6 Å². The number of rotatable bonds is 1. The van der Waals surface area contributed by atoms with E-state index in [-0.39, 0.29) is 0 Å². The number of nitrogens with zero attached hydrogens (tertiary/aromatic N) is 2. The molecule has 1 fully saturated rings. The van der Waals surface area contributed by atoms with Gasteiger partial charge in [0.05, 0.1) is 18.9 Å². The second-order valence-corrected chi connectivity index (χ2v) is 5.65. The van der Waals surface area contributed by atoms with Gasteiger partial charge in [-0.25, -0.2) is 9.97 Å². The first-order chi connectivity index (χ1) is 8.84. The lowest BCUT2D eigenvalue weighted by molar-refractivity contribution is 0.108. The Balaban J connectivity index is 1.89. The normalized spacial score (nSPS) is 21.4. The van der Waals surface area contributed by atoms with Gasteiger partial charge in [-0.3, -0.25) is 0 Å². The summed E-state index contributed by atoms with van der Waals surface area (Å²) in [4.78, 5) is 9.29. The number of hydrogen-bond acceptors (Lipinski definition) is 3. The van der Waals surface area contributed by atoms with E-state index in [9.17, 15) is 0 Å². The molecule has 98 valence electrons. The molecule has 2 aliphatic rings. The van der Waals surface area contributed by atoms with Crippen LogP contribution in [0.5, 0.6) is 0 Å². The van der Waals surface area contributed by atoms with Crippen LogP contribution in [0.2, 0.25) is 5.15 Å². The summed E-state index contributed by atoms with van der Waals surface area (Å²) in [5, 5.41) is 0.610. The van der Waals surface area contributed by atoms with Gasteiger partial charge in [-0.05, 0) is 12.8 Å². The second-order valence-electron chi connectivity index (χ2n) is 5.29. The van der Waals surface area contributed by atoms with Crippen LogP contribution in [0.25, 0.3) is 0 Å². The molecule has 4 heteroatoms. The predicted octanol–water partition coefficient (Wildman–Crippen LogP) is 3.64. The Hall–Kier alpha value is -0.670. The van der Waals surface area contributed by atoms with E-state index in [1.807, 2.05) is 0 Å². The van der Waals surface area contributed by atoms with Gasteiger partial charge in [-0.2, -0.15) is 0 Å². The molecule has 1 aromatic heterocycles. The number of ether oxygens (including phenoxy) is 1. The first-order valence-corrected chi connectivity index (χ1v) is 7.35. The standard InChI is InChI=1S/C14H19ClN2O/c15-13-11-9-18-8-7-12(11)16-14(17-13)10-5-3-1-2-4-6-10/h10H,1-9H2. The van der Waals surface area contributed by atoms with Gasteiger partial charge in [0.15, 0.2) is 0 Å². The van der Waals surface area contributed by atoms with E-state index in [1.54, 1.807) is 0 Å². The first-order valence-electron chi connectivity index (χ1n) is 6.97. The molecule has 0 amide bonds. The average Bonchev–Trinajstić information content (AvgIpc) is 2.67. The largest absolute Gasteiger partial charge is 0.376 e. The van der Waals surface area contributed by atoms with E-state index in [1.165, 1.54) is 38.5 Å². The lowest BCUT2D eigenvalue weighted by Crippen LogP contribution is -2.16. The van der Waals surface area contributed by atoms with Crippen molar-refractivity contribution in [3.05, 3.63) is 22.2 Å². The Morgan fingerprint density at radius 3 is 2.61 bits per heavy atom. The van der Waals surface area contributed by atoms with Crippen LogP contribution in [-0.2, 0) is 17.8 Å². The van der Waals surface area contributed by atoms with E-state index < -0.39 is 0 Å². The number of fused-ring (bicyclic) bond motifs is 1. The van der Waals surface area contributed by atoms with E-state index in [0.29, 0.717) is 17.7 Å². The summed E-state index contributed by atoms with van der Waals surface area (Å²) in [6, 6.07) is 0. The molecular weight excluding hydrogens is 248 g/mol. The maximum Gasteiger partial charge on any atom is 0.138 e. The zero-order chi connectivity index (χ0) is 12.4. The molecule has 3 rings (SSSR count). The summed E-state index contributed by atoms with van der Waals surface area (Å²) in [5.41, 5.74) is 2.11. The molecule has 0 aromatic carbocycles. The number of halogens is 1. The molecule has 1 aromatic rings. The van der Waals surface area contributed by atoms with Crippen molar-refractivity contribution in [3.63, 3.8) is 0 Å². The molecule has 0 unspecified atom stereocenters. The molecule has 0 atom stereocenters. The second kappa shape index (κ2) is 5.54. The van der Waals surface area contributed by atoms with Gasteiger partial charge in [-0.1, -0.05) is 37.3 Å². The van der Waals surface area contributed by atoms with E-state index >= 15 is 0 Å². The summed E-state index contributed by atoms with van der Waals surface area (Å²) in [5.74, 6) is 1.49. The topological polar surface area (TPSA) is 35.0 Å². The third-order valence-corrected chi connectivity index (χ3v) is 4.32. The van der Waals surface area contributed by atoms with Crippen molar-refractivity contribution in [2.24, 2.45) is 0 Å². The fourth-order valence-corrected chi connectivity index (χ4v) is 3.18. The molecular formula is C14H19ClN2O. The lowest BCUT2D eigenvalue weighted by Gasteiger charge is -2.20. The summed E-state index contributed by atoms with van der Waals surface area (Å²) in [6.07, 6.45) is 8.60. The number of hydrogen-bond donors (Lipinski definition) is 0.